The predicted octanol–water partition coefficient (Wildman–Crippen LogP) is 4.77. The second-order valence-electron chi connectivity index (χ2n) is 11.6. The summed E-state index contributed by atoms with van der Waals surface area (Å²) >= 11 is 0. The summed E-state index contributed by atoms with van der Waals surface area (Å²) in [6.07, 6.45) is 5.17. The van der Waals surface area contributed by atoms with Gasteiger partial charge >= 0.3 is 6.09 Å². The van der Waals surface area contributed by atoms with Crippen LogP contribution in [0.25, 0.3) is 22.3 Å². The molecule has 5 heterocycles. The summed E-state index contributed by atoms with van der Waals surface area (Å²) in [6.45, 7) is 8.44. The third-order valence-electron chi connectivity index (χ3n) is 7.48. The zero-order chi connectivity index (χ0) is 29.1. The molecular formula is C29H31FN6O4S. The highest BCUT2D eigenvalue weighted by Crippen LogP contribution is 2.38. The van der Waals surface area contributed by atoms with Gasteiger partial charge in [-0.3, -0.25) is 9.88 Å². The van der Waals surface area contributed by atoms with Crippen molar-refractivity contribution in [1.82, 2.24) is 23.8 Å². The Kier molecular flexibility index (Phi) is 6.48. The molecule has 0 N–H and O–H groups in total. The van der Waals surface area contributed by atoms with Crippen molar-refractivity contribution in [3.8, 4) is 11.3 Å². The van der Waals surface area contributed by atoms with Crippen LogP contribution < -0.4 is 4.90 Å². The molecule has 2 aliphatic heterocycles. The van der Waals surface area contributed by atoms with Gasteiger partial charge in [-0.15, -0.1) is 0 Å². The van der Waals surface area contributed by atoms with Crippen LogP contribution in [0.2, 0.25) is 0 Å². The fourth-order valence-corrected chi connectivity index (χ4v) is 7.21. The maximum Gasteiger partial charge on any atom is 0.410 e. The number of halogens is 1. The summed E-state index contributed by atoms with van der Waals surface area (Å²) in [4.78, 5) is 29.9. The van der Waals surface area contributed by atoms with Gasteiger partial charge in [0.15, 0.2) is 5.65 Å². The summed E-state index contributed by atoms with van der Waals surface area (Å²) < 4.78 is 49.2. The first-order valence-corrected chi connectivity index (χ1v) is 14.9. The van der Waals surface area contributed by atoms with Gasteiger partial charge in [0, 0.05) is 24.8 Å². The Morgan fingerprint density at radius 2 is 1.71 bits per heavy atom. The third kappa shape index (κ3) is 4.90. The molecular weight excluding hydrogens is 547 g/mol. The number of anilines is 1. The number of carbonyl (C=O) groups excluding carboxylic acids is 1. The van der Waals surface area contributed by atoms with Crippen LogP contribution in [0.4, 0.5) is 15.0 Å². The lowest BCUT2D eigenvalue weighted by molar-refractivity contribution is 0.0123. The topological polar surface area (TPSA) is 111 Å². The van der Waals surface area contributed by atoms with E-state index in [0.29, 0.717) is 29.9 Å². The molecule has 2 unspecified atom stereocenters. The predicted molar refractivity (Wildman–Crippen MR) is 152 cm³/mol. The molecule has 2 saturated heterocycles. The Balaban J connectivity index is 1.46. The van der Waals surface area contributed by atoms with Crippen molar-refractivity contribution < 1.29 is 22.3 Å². The SMILES string of the molecule is Cc1ccc(S(=O)(=O)n2c(-c3cncc(F)c3)cc3c(N4CC5CCC(C4)N5C(=O)OC(C)(C)C)ncnc32)cc1. The van der Waals surface area contributed by atoms with Crippen LogP contribution >= 0.6 is 0 Å². The first-order valence-electron chi connectivity index (χ1n) is 13.5. The first kappa shape index (κ1) is 27.1. The molecule has 214 valence electrons. The van der Waals surface area contributed by atoms with Gasteiger partial charge in [-0.25, -0.2) is 31.5 Å². The zero-order valence-corrected chi connectivity index (χ0v) is 24.1. The van der Waals surface area contributed by atoms with Crippen LogP contribution in [0, 0.1) is 12.7 Å². The van der Waals surface area contributed by atoms with Crippen LogP contribution in [0.3, 0.4) is 0 Å². The Bertz CT molecular complexity index is 1740. The van der Waals surface area contributed by atoms with Crippen molar-refractivity contribution in [1.29, 1.82) is 0 Å². The molecule has 1 amide bonds. The highest BCUT2D eigenvalue weighted by molar-refractivity contribution is 7.90. The van der Waals surface area contributed by atoms with E-state index in [0.717, 1.165) is 28.6 Å². The molecule has 10 nitrogen and oxygen atoms in total. The number of pyridine rings is 1. The molecule has 6 rings (SSSR count). The fourth-order valence-electron chi connectivity index (χ4n) is 5.73. The molecule has 0 saturated carbocycles. The molecule has 2 bridgehead atoms. The summed E-state index contributed by atoms with van der Waals surface area (Å²) in [5.74, 6) is -0.0348. The van der Waals surface area contributed by atoms with Crippen LogP contribution in [0.1, 0.15) is 39.2 Å². The zero-order valence-electron chi connectivity index (χ0n) is 23.3. The number of carbonyl (C=O) groups is 1. The molecule has 0 aliphatic carbocycles. The molecule has 1 aromatic carbocycles. The van der Waals surface area contributed by atoms with E-state index in [1.54, 1.807) is 30.3 Å². The average molecular weight is 579 g/mol. The lowest BCUT2D eigenvalue weighted by Crippen LogP contribution is -2.57. The van der Waals surface area contributed by atoms with E-state index in [4.69, 9.17) is 4.74 Å². The third-order valence-corrected chi connectivity index (χ3v) is 9.20. The quantitative estimate of drug-likeness (QED) is 0.341. The van der Waals surface area contributed by atoms with Crippen molar-refractivity contribution in [3.63, 3.8) is 0 Å². The number of nitrogens with zero attached hydrogens (tertiary/aromatic N) is 6. The monoisotopic (exact) mass is 578 g/mol. The molecule has 2 aliphatic rings. The lowest BCUT2D eigenvalue weighted by atomic mass is 10.1. The summed E-state index contributed by atoms with van der Waals surface area (Å²) in [5, 5.41) is 0.507. The van der Waals surface area contributed by atoms with Crippen molar-refractivity contribution >= 4 is 33.0 Å². The minimum Gasteiger partial charge on any atom is -0.444 e. The number of hydrogen-bond donors (Lipinski definition) is 0. The van der Waals surface area contributed by atoms with Gasteiger partial charge in [-0.05, 0) is 64.8 Å². The summed E-state index contributed by atoms with van der Waals surface area (Å²) in [7, 11) is -4.14. The van der Waals surface area contributed by atoms with Gasteiger partial charge in [0.2, 0.25) is 0 Å². The van der Waals surface area contributed by atoms with E-state index in [2.05, 4.69) is 19.9 Å². The molecule has 2 fully saturated rings. The van der Waals surface area contributed by atoms with Gasteiger partial charge < -0.3 is 9.64 Å². The van der Waals surface area contributed by atoms with Gasteiger partial charge in [0.1, 0.15) is 23.6 Å². The smallest absolute Gasteiger partial charge is 0.410 e. The molecule has 4 aromatic rings. The molecule has 41 heavy (non-hydrogen) atoms. The van der Waals surface area contributed by atoms with E-state index in [9.17, 15) is 17.6 Å². The Morgan fingerprint density at radius 3 is 2.34 bits per heavy atom. The highest BCUT2D eigenvalue weighted by Gasteiger charge is 2.45. The van der Waals surface area contributed by atoms with E-state index >= 15 is 0 Å². The van der Waals surface area contributed by atoms with E-state index in [1.165, 1.54) is 18.6 Å². The largest absolute Gasteiger partial charge is 0.444 e. The Labute approximate surface area is 237 Å². The lowest BCUT2D eigenvalue weighted by Gasteiger charge is -2.41. The van der Waals surface area contributed by atoms with Crippen molar-refractivity contribution in [2.45, 2.75) is 63.1 Å². The number of rotatable bonds is 4. The van der Waals surface area contributed by atoms with Crippen LogP contribution in [0.15, 0.2) is 60.0 Å². The van der Waals surface area contributed by atoms with Gasteiger partial charge in [0.05, 0.1) is 34.3 Å². The van der Waals surface area contributed by atoms with Crippen LogP contribution in [0.5, 0.6) is 0 Å². The Morgan fingerprint density at radius 1 is 1.02 bits per heavy atom. The molecule has 0 spiro atoms. The van der Waals surface area contributed by atoms with E-state index < -0.39 is 21.4 Å². The van der Waals surface area contributed by atoms with Crippen LogP contribution in [-0.4, -0.2) is 69.1 Å². The van der Waals surface area contributed by atoms with Gasteiger partial charge in [-0.2, -0.15) is 0 Å². The van der Waals surface area contributed by atoms with Gasteiger partial charge in [0.25, 0.3) is 10.0 Å². The van der Waals surface area contributed by atoms with E-state index in [-0.39, 0.29) is 34.4 Å². The molecule has 2 atom stereocenters. The van der Waals surface area contributed by atoms with Crippen LogP contribution in [-0.2, 0) is 14.8 Å². The number of fused-ring (bicyclic) bond motifs is 3. The highest BCUT2D eigenvalue weighted by atomic mass is 32.2. The van der Waals surface area contributed by atoms with Crippen molar-refractivity contribution in [3.05, 3.63) is 66.5 Å². The van der Waals surface area contributed by atoms with Gasteiger partial charge in [-0.1, -0.05) is 17.7 Å². The minimum absolute atomic E-state index is 0.0705. The average Bonchev–Trinajstić information content (AvgIpc) is 3.43. The second-order valence-corrected chi connectivity index (χ2v) is 13.4. The standard InChI is InChI=1S/C29H31FN6O4S/c1-18-5-9-23(10-6-18)41(38,39)36-25(19-11-20(30)14-31-13-19)12-24-26(32-17-33-27(24)36)34-15-21-7-8-22(16-34)35(21)28(37)40-29(2,3)4/h5-6,9-14,17,21-22H,7-8,15-16H2,1-4H3. The van der Waals surface area contributed by atoms with Crippen molar-refractivity contribution in [2.75, 3.05) is 18.0 Å². The van der Waals surface area contributed by atoms with E-state index in [1.807, 2.05) is 32.6 Å². The second kappa shape index (κ2) is 9.79. The van der Waals surface area contributed by atoms with Crippen molar-refractivity contribution in [2.24, 2.45) is 0 Å². The number of amides is 1. The summed E-state index contributed by atoms with van der Waals surface area (Å²) in [5.41, 5.74) is 1.02. The molecule has 3 aromatic heterocycles. The number of hydrogen-bond acceptors (Lipinski definition) is 8. The number of ether oxygens (including phenoxy) is 1. The number of benzene rings is 1. The molecule has 0 radical (unpaired) electrons. The Hall–Kier alpha value is -4.06. The number of piperazine rings is 1. The number of aryl methyl sites for hydroxylation is 1. The summed E-state index contributed by atoms with van der Waals surface area (Å²) in [6, 6.07) is 9.31. The normalized spacial score (nSPS) is 19.1. The first-order chi connectivity index (χ1) is 19.4. The molecule has 12 heteroatoms. The minimum atomic E-state index is -4.14. The maximum absolute atomic E-state index is 14.3. The maximum atomic E-state index is 14.3. The number of aromatic nitrogens is 4. The fraction of sp³-hybridized carbons (Fsp3) is 0.379.